The summed E-state index contributed by atoms with van der Waals surface area (Å²) in [5, 5.41) is 25.7. The van der Waals surface area contributed by atoms with Gasteiger partial charge >= 0.3 is 0 Å². The molecule has 2 saturated carbocycles. The number of amides is 4. The number of nitrogens with zero attached hydrogens (tertiary/aromatic N) is 4. The molecule has 2 spiro atoms. The Kier molecular flexibility index (Phi) is 19.4. The molecule has 6 heterocycles. The first-order valence-corrected chi connectivity index (χ1v) is 39.0. The van der Waals surface area contributed by atoms with Crippen LogP contribution in [0.25, 0.3) is 0 Å². The van der Waals surface area contributed by atoms with Crippen molar-refractivity contribution in [1.29, 1.82) is 0 Å². The molecule has 24 heteroatoms. The van der Waals surface area contributed by atoms with Crippen LogP contribution in [0.5, 0.6) is 11.5 Å². The number of nitrogens with one attached hydrogen (secondary N) is 2. The van der Waals surface area contributed by atoms with Gasteiger partial charge < -0.3 is 48.8 Å². The molecule has 4 aromatic carbocycles. The number of carbonyl (C=O) groups excluding carboxylic acids is 4. The second-order valence-electron chi connectivity index (χ2n) is 29.9. The number of aliphatic hydroxyl groups is 2. The largest absolute Gasteiger partial charge is 0.490 e. The lowest BCUT2D eigenvalue weighted by atomic mass is 9.67. The standard InChI is InChI=1S/2C36H46ClN3O7S/c2*1-39-14-11-23-12-15-46-32(16-23)28-8-5-25(28)20-40-21-35(13-3-4-24-17-27(37)7-9-29(24)35)22-47-31-10-6-26(18-30(31)40)36(43,19-33(39)41)34(42)38-48(2,44)45/h2*6-7,9-10,17-18,23,25,28,32,43H,3-5,8,11-16,19-22H2,1-2H3,(H,38,42)/t23-,25+,28-,32+,35+,36+;23-,25+,28-,32+,35+,36-/m11/s1. The molecule has 520 valence electrons. The molecule has 0 radical (unpaired) electrons. The summed E-state index contributed by atoms with van der Waals surface area (Å²) < 4.78 is 78.9. The highest BCUT2D eigenvalue weighted by Crippen LogP contribution is 2.52. The minimum atomic E-state index is -4.03. The molecule has 4 N–H and O–H groups in total. The summed E-state index contributed by atoms with van der Waals surface area (Å²) >= 11 is 12.9. The Bertz CT molecular complexity index is 3660. The minimum absolute atomic E-state index is 0.141. The van der Waals surface area contributed by atoms with Gasteiger partial charge in [0.05, 0.1) is 62.1 Å². The number of ether oxygens (including phenoxy) is 4. The molecule has 0 aromatic heterocycles. The lowest BCUT2D eigenvalue weighted by Crippen LogP contribution is -2.51. The van der Waals surface area contributed by atoms with E-state index in [2.05, 4.69) is 34.1 Å². The van der Waals surface area contributed by atoms with Gasteiger partial charge in [0, 0.05) is 87.5 Å². The lowest BCUT2D eigenvalue weighted by Gasteiger charge is -2.48. The van der Waals surface area contributed by atoms with Crippen LogP contribution in [-0.4, -0.2) is 165 Å². The molecule has 4 aromatic rings. The van der Waals surface area contributed by atoms with E-state index in [-0.39, 0.29) is 34.2 Å². The summed E-state index contributed by atoms with van der Waals surface area (Å²) in [5.41, 5.74) is 1.16. The summed E-state index contributed by atoms with van der Waals surface area (Å²) in [7, 11) is -4.72. The first-order chi connectivity index (χ1) is 45.7. The van der Waals surface area contributed by atoms with Crippen molar-refractivity contribution in [2.24, 2.45) is 35.5 Å². The topological polar surface area (TPSA) is 251 Å². The molecule has 8 bridgehead atoms. The number of carbonyl (C=O) groups is 4. The van der Waals surface area contributed by atoms with E-state index >= 15 is 0 Å². The molecule has 6 aliphatic heterocycles. The third-order valence-corrected chi connectivity index (χ3v) is 25.0. The van der Waals surface area contributed by atoms with Gasteiger partial charge in [0.15, 0.2) is 11.2 Å². The Morgan fingerprint density at radius 2 is 0.979 bits per heavy atom. The fourth-order valence-corrected chi connectivity index (χ4v) is 19.1. The van der Waals surface area contributed by atoms with E-state index in [9.17, 15) is 46.2 Å². The van der Waals surface area contributed by atoms with Crippen LogP contribution >= 0.6 is 23.2 Å². The van der Waals surface area contributed by atoms with Crippen LogP contribution in [0.3, 0.4) is 0 Å². The number of sulfonamides is 2. The number of fused-ring (bicyclic) bond motifs is 14. The number of anilines is 2. The molecule has 12 atom stereocenters. The van der Waals surface area contributed by atoms with Crippen molar-refractivity contribution in [3.8, 4) is 11.5 Å². The van der Waals surface area contributed by atoms with Gasteiger partial charge in [-0.3, -0.25) is 28.6 Å². The molecule has 14 rings (SSSR count). The molecule has 10 aliphatic rings. The fraction of sp³-hybridized carbons (Fsp3) is 0.611. The molecular formula is C72H92Cl2N6O14S2. The van der Waals surface area contributed by atoms with E-state index in [4.69, 9.17) is 42.1 Å². The summed E-state index contributed by atoms with van der Waals surface area (Å²) in [6.45, 7) is 6.05. The zero-order chi connectivity index (χ0) is 67.7. The fourth-order valence-electron chi connectivity index (χ4n) is 17.7. The normalized spacial score (nSPS) is 32.3. The van der Waals surface area contributed by atoms with Crippen molar-refractivity contribution in [3.05, 3.63) is 116 Å². The van der Waals surface area contributed by atoms with Crippen molar-refractivity contribution in [2.75, 3.05) is 102 Å². The molecule has 4 aliphatic carbocycles. The molecule has 0 unspecified atom stereocenters. The van der Waals surface area contributed by atoms with Crippen LogP contribution in [0.1, 0.15) is 136 Å². The number of halogens is 2. The average Bonchev–Trinajstić information content (AvgIpc) is 1.48. The number of aryl methyl sites for hydroxylation is 2. The second-order valence-corrected chi connectivity index (χ2v) is 34.2. The number of benzene rings is 4. The van der Waals surface area contributed by atoms with Crippen LogP contribution in [0.2, 0.25) is 10.0 Å². The molecule has 4 fully saturated rings. The Hall–Kier alpha value is -5.72. The number of rotatable bonds is 4. The monoisotopic (exact) mass is 1400 g/mol. The van der Waals surface area contributed by atoms with Crippen LogP contribution < -0.4 is 28.7 Å². The molecule has 4 amide bonds. The molecular weight excluding hydrogens is 1310 g/mol. The average molecular weight is 1400 g/mol. The van der Waals surface area contributed by atoms with Gasteiger partial charge in [-0.2, -0.15) is 0 Å². The first-order valence-electron chi connectivity index (χ1n) is 34.5. The number of hydrogen-bond acceptors (Lipinski definition) is 16. The Morgan fingerprint density at radius 1 is 0.562 bits per heavy atom. The smallest absolute Gasteiger partial charge is 0.270 e. The predicted molar refractivity (Wildman–Crippen MR) is 365 cm³/mol. The van der Waals surface area contributed by atoms with E-state index in [0.29, 0.717) is 110 Å². The van der Waals surface area contributed by atoms with Gasteiger partial charge in [-0.25, -0.2) is 16.8 Å². The molecule has 96 heavy (non-hydrogen) atoms. The summed E-state index contributed by atoms with van der Waals surface area (Å²) in [6.07, 6.45) is 16.3. The van der Waals surface area contributed by atoms with Gasteiger partial charge in [0.25, 0.3) is 11.8 Å². The maximum Gasteiger partial charge on any atom is 0.270 e. The van der Waals surface area contributed by atoms with Crippen molar-refractivity contribution in [3.63, 3.8) is 0 Å². The highest BCUT2D eigenvalue weighted by Gasteiger charge is 2.51. The summed E-state index contributed by atoms with van der Waals surface area (Å²) in [5.74, 6) is 0.449. The third-order valence-electron chi connectivity index (χ3n) is 23.4. The summed E-state index contributed by atoms with van der Waals surface area (Å²) in [4.78, 5) is 62.3. The number of hydrogen-bond donors (Lipinski definition) is 4. The van der Waals surface area contributed by atoms with Crippen LogP contribution in [0, 0.1) is 35.5 Å². The summed E-state index contributed by atoms with van der Waals surface area (Å²) in [6, 6.07) is 22.4. The lowest BCUT2D eigenvalue weighted by molar-refractivity contribution is -0.148. The van der Waals surface area contributed by atoms with Crippen molar-refractivity contribution in [2.45, 2.75) is 150 Å². The minimum Gasteiger partial charge on any atom is -0.490 e. The highest BCUT2D eigenvalue weighted by molar-refractivity contribution is 7.89. The quantitative estimate of drug-likeness (QED) is 0.150. The second kappa shape index (κ2) is 27.1. The van der Waals surface area contributed by atoms with E-state index in [1.54, 1.807) is 50.5 Å². The highest BCUT2D eigenvalue weighted by atomic mass is 35.5. The Labute approximate surface area is 574 Å². The van der Waals surface area contributed by atoms with Gasteiger partial charge in [-0.05, 0) is 220 Å². The zero-order valence-corrected chi connectivity index (χ0v) is 58.6. The van der Waals surface area contributed by atoms with Crippen LogP contribution in [-0.2, 0) is 83.6 Å². The van der Waals surface area contributed by atoms with Crippen LogP contribution in [0.15, 0.2) is 72.8 Å². The maximum absolute atomic E-state index is 13.6. The van der Waals surface area contributed by atoms with E-state index < -0.39 is 67.7 Å². The SMILES string of the molecule is CN1CC[C@@H]2CCO[C@@H](C2)[C@@H]2CC[C@H]2CN2C[C@@]3(CCCc4cc(Cl)ccc43)COc3ccc(cc32)[C@@](O)(C(=O)NS(C)(=O)=O)CC1=O.CN1CC[C@@H]2CCO[C@@H](C2)[C@@H]2CC[C@H]2CN2C[C@@]3(CCCc4cc(Cl)ccc43)COc3ccc(cc32)[C@](O)(C(=O)NS(C)(=O)=O)CC1=O. The Morgan fingerprint density at radius 3 is 1.36 bits per heavy atom. The van der Waals surface area contributed by atoms with Gasteiger partial charge in [0.1, 0.15) is 11.5 Å². The third kappa shape index (κ3) is 14.1. The van der Waals surface area contributed by atoms with Gasteiger partial charge in [0.2, 0.25) is 31.9 Å². The van der Waals surface area contributed by atoms with Gasteiger partial charge in [-0.1, -0.05) is 47.5 Å². The zero-order valence-electron chi connectivity index (χ0n) is 55.5. The van der Waals surface area contributed by atoms with E-state index in [1.807, 2.05) is 21.6 Å². The van der Waals surface area contributed by atoms with Gasteiger partial charge in [-0.15, -0.1) is 0 Å². The molecule has 20 nitrogen and oxygen atoms in total. The van der Waals surface area contributed by atoms with Crippen molar-refractivity contribution >= 4 is 78.3 Å². The Balaban J connectivity index is 0.000000174. The maximum atomic E-state index is 13.6. The van der Waals surface area contributed by atoms with Crippen molar-refractivity contribution in [1.82, 2.24) is 19.2 Å². The predicted octanol–water partition coefficient (Wildman–Crippen LogP) is 8.30. The van der Waals surface area contributed by atoms with Crippen LogP contribution in [0.4, 0.5) is 11.4 Å². The van der Waals surface area contributed by atoms with E-state index in [1.165, 1.54) is 32.1 Å². The van der Waals surface area contributed by atoms with Crippen molar-refractivity contribution < 1.29 is 65.2 Å². The molecule has 2 saturated heterocycles. The first kappa shape index (κ1) is 68.8. The van der Waals surface area contributed by atoms with E-state index in [0.717, 1.165) is 140 Å².